The van der Waals surface area contributed by atoms with Gasteiger partial charge in [0.15, 0.2) is 11.6 Å². The smallest absolute Gasteiger partial charge is 0.167 e. The molecule has 0 amide bonds. The minimum atomic E-state index is -0.394. The molecule has 0 saturated carbocycles. The van der Waals surface area contributed by atoms with Crippen LogP contribution in [0.1, 0.15) is 20.3 Å². The standard InChI is InChI=1S/C15H24FN3O/c1-4-11-10-19(7-6-18(11)3)14-9-15(20-5-2)12(16)8-13(14)17/h8-9,11H,4-7,10,17H2,1-3H3. The van der Waals surface area contributed by atoms with E-state index in [4.69, 9.17) is 10.5 Å². The molecule has 0 aliphatic carbocycles. The van der Waals surface area contributed by atoms with Gasteiger partial charge >= 0.3 is 0 Å². The van der Waals surface area contributed by atoms with Crippen LogP contribution >= 0.6 is 0 Å². The molecule has 1 heterocycles. The maximum atomic E-state index is 13.8. The fraction of sp³-hybridized carbons (Fsp3) is 0.600. The van der Waals surface area contributed by atoms with Crippen molar-refractivity contribution >= 4 is 11.4 Å². The summed E-state index contributed by atoms with van der Waals surface area (Å²) >= 11 is 0. The van der Waals surface area contributed by atoms with Crippen molar-refractivity contribution in [2.75, 3.05) is 43.9 Å². The molecule has 4 nitrogen and oxygen atoms in total. The van der Waals surface area contributed by atoms with Crippen LogP contribution in [-0.4, -0.2) is 44.2 Å². The van der Waals surface area contributed by atoms with Crippen molar-refractivity contribution in [2.45, 2.75) is 26.3 Å². The number of nitrogens with two attached hydrogens (primary N) is 1. The monoisotopic (exact) mass is 281 g/mol. The molecule has 2 N–H and O–H groups in total. The number of ether oxygens (including phenoxy) is 1. The number of benzene rings is 1. The van der Waals surface area contributed by atoms with E-state index in [-0.39, 0.29) is 5.75 Å². The fourth-order valence-corrected chi connectivity index (χ4v) is 2.70. The summed E-state index contributed by atoms with van der Waals surface area (Å²) in [7, 11) is 2.14. The Balaban J connectivity index is 2.25. The third-order valence-corrected chi connectivity index (χ3v) is 3.97. The van der Waals surface area contributed by atoms with Gasteiger partial charge in [-0.25, -0.2) is 4.39 Å². The number of halogens is 1. The molecular formula is C15H24FN3O. The number of nitrogen functional groups attached to an aromatic ring is 1. The van der Waals surface area contributed by atoms with Gasteiger partial charge in [-0.05, 0) is 20.4 Å². The molecule has 1 aromatic rings. The first kappa shape index (κ1) is 14.9. The minimum Gasteiger partial charge on any atom is -0.491 e. The number of nitrogens with zero attached hydrogens (tertiary/aromatic N) is 2. The molecule has 0 spiro atoms. The lowest BCUT2D eigenvalue weighted by Gasteiger charge is -2.40. The van der Waals surface area contributed by atoms with E-state index in [0.29, 0.717) is 18.3 Å². The van der Waals surface area contributed by atoms with Crippen LogP contribution in [0.2, 0.25) is 0 Å². The van der Waals surface area contributed by atoms with E-state index in [9.17, 15) is 4.39 Å². The molecule has 1 unspecified atom stereocenters. The van der Waals surface area contributed by atoms with Gasteiger partial charge in [-0.1, -0.05) is 6.92 Å². The summed E-state index contributed by atoms with van der Waals surface area (Å²) < 4.78 is 19.1. The third-order valence-electron chi connectivity index (χ3n) is 3.97. The van der Waals surface area contributed by atoms with E-state index < -0.39 is 5.82 Å². The first-order chi connectivity index (χ1) is 9.56. The molecule has 5 heteroatoms. The SMILES string of the molecule is CCOc1cc(N2CCN(C)C(CC)C2)c(N)cc1F. The van der Waals surface area contributed by atoms with Gasteiger partial charge < -0.3 is 15.4 Å². The quantitative estimate of drug-likeness (QED) is 0.860. The summed E-state index contributed by atoms with van der Waals surface area (Å²) in [5.74, 6) is -0.113. The average Bonchev–Trinajstić information content (AvgIpc) is 2.43. The van der Waals surface area contributed by atoms with Crippen molar-refractivity contribution in [1.29, 1.82) is 0 Å². The van der Waals surface area contributed by atoms with Gasteiger partial charge in [0.05, 0.1) is 18.0 Å². The average molecular weight is 281 g/mol. The predicted molar refractivity (Wildman–Crippen MR) is 80.9 cm³/mol. The van der Waals surface area contributed by atoms with Crippen LogP contribution in [0.15, 0.2) is 12.1 Å². The van der Waals surface area contributed by atoms with Gasteiger partial charge in [0.2, 0.25) is 0 Å². The molecule has 1 aliphatic heterocycles. The van der Waals surface area contributed by atoms with E-state index in [1.807, 2.05) is 6.92 Å². The molecular weight excluding hydrogens is 257 g/mol. The van der Waals surface area contributed by atoms with Gasteiger partial charge in [0, 0.05) is 37.8 Å². The molecule has 1 saturated heterocycles. The third kappa shape index (κ3) is 2.98. The van der Waals surface area contributed by atoms with E-state index >= 15 is 0 Å². The zero-order chi connectivity index (χ0) is 14.7. The first-order valence-electron chi connectivity index (χ1n) is 7.23. The van der Waals surface area contributed by atoms with Gasteiger partial charge in [0.1, 0.15) is 0 Å². The summed E-state index contributed by atoms with van der Waals surface area (Å²) in [5.41, 5.74) is 7.34. The number of hydrogen-bond donors (Lipinski definition) is 1. The second kappa shape index (κ2) is 6.31. The number of anilines is 2. The molecule has 2 rings (SSSR count). The van der Waals surface area contributed by atoms with Crippen LogP contribution in [0, 0.1) is 5.82 Å². The Kier molecular flexibility index (Phi) is 4.70. The zero-order valence-electron chi connectivity index (χ0n) is 12.5. The fourth-order valence-electron chi connectivity index (χ4n) is 2.70. The Labute approximate surface area is 120 Å². The molecule has 0 aromatic heterocycles. The number of likely N-dealkylation sites (N-methyl/N-ethyl adjacent to an activating group) is 1. The lowest BCUT2D eigenvalue weighted by Crippen LogP contribution is -2.51. The molecule has 0 radical (unpaired) electrons. The topological polar surface area (TPSA) is 41.7 Å². The van der Waals surface area contributed by atoms with Gasteiger partial charge in [-0.15, -0.1) is 0 Å². The molecule has 1 fully saturated rings. The van der Waals surface area contributed by atoms with Gasteiger partial charge in [-0.2, -0.15) is 0 Å². The van der Waals surface area contributed by atoms with Crippen LogP contribution in [0.5, 0.6) is 5.75 Å². The summed E-state index contributed by atoms with van der Waals surface area (Å²) in [4.78, 5) is 4.59. The Hall–Kier alpha value is -1.49. The number of rotatable bonds is 4. The van der Waals surface area contributed by atoms with E-state index in [2.05, 4.69) is 23.8 Å². The van der Waals surface area contributed by atoms with Crippen molar-refractivity contribution in [3.63, 3.8) is 0 Å². The second-order valence-corrected chi connectivity index (χ2v) is 5.26. The Morgan fingerprint density at radius 1 is 1.35 bits per heavy atom. The van der Waals surface area contributed by atoms with E-state index in [0.717, 1.165) is 31.7 Å². The highest BCUT2D eigenvalue weighted by Gasteiger charge is 2.25. The van der Waals surface area contributed by atoms with Gasteiger partial charge in [-0.3, -0.25) is 4.90 Å². The number of piperazine rings is 1. The largest absolute Gasteiger partial charge is 0.491 e. The summed E-state index contributed by atoms with van der Waals surface area (Å²) in [6.45, 7) is 7.27. The Morgan fingerprint density at radius 3 is 2.75 bits per heavy atom. The molecule has 1 aliphatic rings. The molecule has 20 heavy (non-hydrogen) atoms. The van der Waals surface area contributed by atoms with Crippen molar-refractivity contribution in [3.05, 3.63) is 17.9 Å². The second-order valence-electron chi connectivity index (χ2n) is 5.26. The molecule has 1 aromatic carbocycles. The molecule has 1 atom stereocenters. The van der Waals surface area contributed by atoms with Crippen LogP contribution in [-0.2, 0) is 0 Å². The maximum absolute atomic E-state index is 13.8. The summed E-state index contributed by atoms with van der Waals surface area (Å²) in [6.07, 6.45) is 1.09. The lowest BCUT2D eigenvalue weighted by atomic mass is 10.1. The summed E-state index contributed by atoms with van der Waals surface area (Å²) in [6, 6.07) is 3.59. The van der Waals surface area contributed by atoms with Crippen LogP contribution in [0.3, 0.4) is 0 Å². The zero-order valence-corrected chi connectivity index (χ0v) is 12.5. The molecule has 0 bridgehead atoms. The van der Waals surface area contributed by atoms with Crippen LogP contribution in [0.4, 0.5) is 15.8 Å². The highest BCUT2D eigenvalue weighted by molar-refractivity contribution is 5.70. The van der Waals surface area contributed by atoms with Gasteiger partial charge in [0.25, 0.3) is 0 Å². The first-order valence-corrected chi connectivity index (χ1v) is 7.23. The van der Waals surface area contributed by atoms with Crippen molar-refractivity contribution in [3.8, 4) is 5.75 Å². The Morgan fingerprint density at radius 2 is 2.10 bits per heavy atom. The minimum absolute atomic E-state index is 0.281. The van der Waals surface area contributed by atoms with E-state index in [1.54, 1.807) is 6.07 Å². The van der Waals surface area contributed by atoms with Crippen molar-refractivity contribution in [1.82, 2.24) is 4.90 Å². The van der Waals surface area contributed by atoms with Crippen LogP contribution in [0.25, 0.3) is 0 Å². The highest BCUT2D eigenvalue weighted by Crippen LogP contribution is 2.32. The van der Waals surface area contributed by atoms with Crippen LogP contribution < -0.4 is 15.4 Å². The normalized spacial score (nSPS) is 20.2. The highest BCUT2D eigenvalue weighted by atomic mass is 19.1. The lowest BCUT2D eigenvalue weighted by molar-refractivity contribution is 0.213. The molecule has 112 valence electrons. The van der Waals surface area contributed by atoms with Crippen molar-refractivity contribution in [2.24, 2.45) is 0 Å². The maximum Gasteiger partial charge on any atom is 0.167 e. The van der Waals surface area contributed by atoms with Crippen molar-refractivity contribution < 1.29 is 9.13 Å². The predicted octanol–water partition coefficient (Wildman–Crippen LogP) is 2.34. The number of hydrogen-bond acceptors (Lipinski definition) is 4. The Bertz CT molecular complexity index is 467. The summed E-state index contributed by atoms with van der Waals surface area (Å²) in [5, 5.41) is 0. The van der Waals surface area contributed by atoms with E-state index in [1.165, 1.54) is 6.07 Å².